The number of furan rings is 1. The van der Waals surface area contributed by atoms with E-state index < -0.39 is 9.84 Å². The predicted molar refractivity (Wildman–Crippen MR) is 66.7 cm³/mol. The molecule has 1 aliphatic rings. The Balaban J connectivity index is 1.84. The van der Waals surface area contributed by atoms with Crippen LogP contribution in [0.5, 0.6) is 0 Å². The Kier molecular flexibility index (Phi) is 3.89. The van der Waals surface area contributed by atoms with E-state index in [-0.39, 0.29) is 17.8 Å². The van der Waals surface area contributed by atoms with Crippen molar-refractivity contribution < 1.29 is 12.8 Å². The van der Waals surface area contributed by atoms with Gasteiger partial charge in [0.05, 0.1) is 17.8 Å². The van der Waals surface area contributed by atoms with Gasteiger partial charge in [-0.1, -0.05) is 0 Å². The second kappa shape index (κ2) is 5.23. The average Bonchev–Trinajstić information content (AvgIpc) is 2.68. The van der Waals surface area contributed by atoms with Gasteiger partial charge in [0.15, 0.2) is 9.84 Å². The summed E-state index contributed by atoms with van der Waals surface area (Å²) in [7, 11) is -2.83. The zero-order valence-corrected chi connectivity index (χ0v) is 10.9. The quantitative estimate of drug-likeness (QED) is 0.885. The second-order valence-electron chi connectivity index (χ2n) is 4.80. The van der Waals surface area contributed by atoms with Gasteiger partial charge in [-0.2, -0.15) is 0 Å². The number of nitrogens with one attached hydrogen (secondary N) is 1. The van der Waals surface area contributed by atoms with Crippen LogP contribution in [0.25, 0.3) is 0 Å². The summed E-state index contributed by atoms with van der Waals surface area (Å²) in [4.78, 5) is 0. The first-order valence-electron chi connectivity index (χ1n) is 6.04. The Morgan fingerprint density at radius 3 is 3.06 bits per heavy atom. The van der Waals surface area contributed by atoms with Gasteiger partial charge in [0.1, 0.15) is 5.76 Å². The topological polar surface area (TPSA) is 59.3 Å². The Labute approximate surface area is 102 Å². The lowest BCUT2D eigenvalue weighted by Gasteiger charge is -2.26. The van der Waals surface area contributed by atoms with Crippen molar-refractivity contribution in [3.63, 3.8) is 0 Å². The molecular formula is C12H19NO3S. The van der Waals surface area contributed by atoms with E-state index in [1.807, 2.05) is 12.1 Å². The van der Waals surface area contributed by atoms with Crippen LogP contribution in [-0.4, -0.2) is 32.0 Å². The van der Waals surface area contributed by atoms with Gasteiger partial charge in [-0.05, 0) is 31.9 Å². The van der Waals surface area contributed by atoms with Gasteiger partial charge >= 0.3 is 0 Å². The molecule has 1 aromatic heterocycles. The molecule has 1 fully saturated rings. The Morgan fingerprint density at radius 1 is 1.59 bits per heavy atom. The summed E-state index contributed by atoms with van der Waals surface area (Å²) in [6, 6.07) is 4.14. The molecule has 1 aliphatic heterocycles. The number of hydrogen-bond donors (Lipinski definition) is 1. The van der Waals surface area contributed by atoms with Crippen LogP contribution in [0.2, 0.25) is 0 Å². The first kappa shape index (κ1) is 12.6. The van der Waals surface area contributed by atoms with Crippen LogP contribution >= 0.6 is 0 Å². The minimum atomic E-state index is -2.83. The molecule has 0 spiro atoms. The highest BCUT2D eigenvalue weighted by molar-refractivity contribution is 7.91. The molecule has 2 unspecified atom stereocenters. The Morgan fingerprint density at radius 2 is 2.41 bits per heavy atom. The first-order chi connectivity index (χ1) is 8.05. The third-order valence-electron chi connectivity index (χ3n) is 3.07. The van der Waals surface area contributed by atoms with Crippen LogP contribution < -0.4 is 5.32 Å². The highest BCUT2D eigenvalue weighted by atomic mass is 32.2. The van der Waals surface area contributed by atoms with E-state index in [0.29, 0.717) is 5.75 Å². The molecule has 5 heteroatoms. The summed E-state index contributed by atoms with van der Waals surface area (Å²) in [6.07, 6.45) is 4.17. The van der Waals surface area contributed by atoms with Crippen molar-refractivity contribution in [1.29, 1.82) is 0 Å². The lowest BCUT2D eigenvalue weighted by molar-refractivity contribution is 0.403. The molecule has 1 aromatic rings. The summed E-state index contributed by atoms with van der Waals surface area (Å²) < 4.78 is 28.3. The molecule has 96 valence electrons. The van der Waals surface area contributed by atoms with Crippen molar-refractivity contribution in [1.82, 2.24) is 5.32 Å². The van der Waals surface area contributed by atoms with Gasteiger partial charge in [0.2, 0.25) is 0 Å². The fourth-order valence-corrected chi connectivity index (χ4v) is 4.00. The van der Waals surface area contributed by atoms with E-state index in [1.54, 1.807) is 6.26 Å². The maximum absolute atomic E-state index is 11.5. The molecule has 17 heavy (non-hydrogen) atoms. The molecule has 2 atom stereocenters. The minimum Gasteiger partial charge on any atom is -0.469 e. The molecule has 0 saturated carbocycles. The van der Waals surface area contributed by atoms with Crippen LogP contribution in [0.3, 0.4) is 0 Å². The Hall–Kier alpha value is -0.810. The maximum atomic E-state index is 11.5. The third-order valence-corrected chi connectivity index (χ3v) is 4.89. The Bertz CT molecular complexity index is 438. The summed E-state index contributed by atoms with van der Waals surface area (Å²) in [6.45, 7) is 2.06. The first-order valence-corrected chi connectivity index (χ1v) is 7.86. The normalized spacial score (nSPS) is 25.6. The fraction of sp³-hybridized carbons (Fsp3) is 0.667. The van der Waals surface area contributed by atoms with Crippen molar-refractivity contribution in [2.45, 2.75) is 38.3 Å². The van der Waals surface area contributed by atoms with E-state index in [9.17, 15) is 8.42 Å². The van der Waals surface area contributed by atoms with Crippen LogP contribution in [0.4, 0.5) is 0 Å². The number of sulfone groups is 1. The predicted octanol–water partition coefficient (Wildman–Crippen LogP) is 1.38. The minimum absolute atomic E-state index is 0.0960. The summed E-state index contributed by atoms with van der Waals surface area (Å²) in [5, 5.41) is 3.37. The van der Waals surface area contributed by atoms with Crippen LogP contribution in [0, 0.1) is 0 Å². The van der Waals surface area contributed by atoms with E-state index >= 15 is 0 Å². The molecule has 0 bridgehead atoms. The van der Waals surface area contributed by atoms with Crippen molar-refractivity contribution in [3.05, 3.63) is 24.2 Å². The molecule has 0 aromatic carbocycles. The molecule has 2 heterocycles. The maximum Gasteiger partial charge on any atom is 0.151 e. The van der Waals surface area contributed by atoms with Gasteiger partial charge in [0.25, 0.3) is 0 Å². The zero-order valence-electron chi connectivity index (χ0n) is 10.1. The van der Waals surface area contributed by atoms with Crippen molar-refractivity contribution in [2.75, 3.05) is 11.5 Å². The highest BCUT2D eigenvalue weighted by Crippen LogP contribution is 2.13. The van der Waals surface area contributed by atoms with Crippen LogP contribution in [0.15, 0.2) is 22.8 Å². The van der Waals surface area contributed by atoms with Gasteiger partial charge in [-0.15, -0.1) is 0 Å². The van der Waals surface area contributed by atoms with Crippen molar-refractivity contribution in [2.24, 2.45) is 0 Å². The summed E-state index contributed by atoms with van der Waals surface area (Å²) >= 11 is 0. The largest absolute Gasteiger partial charge is 0.469 e. The molecule has 1 saturated heterocycles. The average molecular weight is 257 g/mol. The van der Waals surface area contributed by atoms with Gasteiger partial charge in [-0.3, -0.25) is 0 Å². The molecule has 1 N–H and O–H groups in total. The van der Waals surface area contributed by atoms with Crippen molar-refractivity contribution >= 4 is 9.84 Å². The second-order valence-corrected chi connectivity index (χ2v) is 7.03. The SMILES string of the molecule is CC(Cc1ccco1)NC1CCCS(=O)(=O)C1. The highest BCUT2D eigenvalue weighted by Gasteiger charge is 2.25. The summed E-state index contributed by atoms with van der Waals surface area (Å²) in [5.74, 6) is 1.55. The molecule has 0 radical (unpaired) electrons. The zero-order chi connectivity index (χ0) is 12.3. The van der Waals surface area contributed by atoms with Crippen LogP contribution in [0.1, 0.15) is 25.5 Å². The molecule has 4 nitrogen and oxygen atoms in total. The smallest absolute Gasteiger partial charge is 0.151 e. The van der Waals surface area contributed by atoms with Gasteiger partial charge in [-0.25, -0.2) is 8.42 Å². The number of hydrogen-bond acceptors (Lipinski definition) is 4. The van der Waals surface area contributed by atoms with E-state index in [4.69, 9.17) is 4.42 Å². The van der Waals surface area contributed by atoms with E-state index in [1.165, 1.54) is 0 Å². The monoisotopic (exact) mass is 257 g/mol. The molecule has 0 aliphatic carbocycles. The fourth-order valence-electron chi connectivity index (χ4n) is 2.35. The molecular weight excluding hydrogens is 238 g/mol. The molecule has 2 rings (SSSR count). The summed E-state index contributed by atoms with van der Waals surface area (Å²) in [5.41, 5.74) is 0. The lowest BCUT2D eigenvalue weighted by atomic mass is 10.1. The van der Waals surface area contributed by atoms with Crippen LogP contribution in [-0.2, 0) is 16.3 Å². The van der Waals surface area contributed by atoms with Crippen molar-refractivity contribution in [3.8, 4) is 0 Å². The lowest BCUT2D eigenvalue weighted by Crippen LogP contribution is -2.44. The van der Waals surface area contributed by atoms with E-state index in [0.717, 1.165) is 25.0 Å². The third kappa shape index (κ3) is 3.85. The van der Waals surface area contributed by atoms with Gasteiger partial charge < -0.3 is 9.73 Å². The number of rotatable bonds is 4. The van der Waals surface area contributed by atoms with E-state index in [2.05, 4.69) is 12.2 Å². The molecule has 0 amide bonds. The standard InChI is InChI=1S/C12H19NO3S/c1-10(8-12-5-2-6-16-12)13-11-4-3-7-17(14,15)9-11/h2,5-6,10-11,13H,3-4,7-9H2,1H3. The van der Waals surface area contributed by atoms with Gasteiger partial charge in [0, 0.05) is 18.5 Å².